The lowest BCUT2D eigenvalue weighted by Gasteiger charge is -2.27. The number of aromatic nitrogens is 4. The Bertz CT molecular complexity index is 2470. The fraction of sp³-hybridized carbons (Fsp3) is 0.409. The van der Waals surface area contributed by atoms with E-state index in [1.807, 2.05) is 35.0 Å². The van der Waals surface area contributed by atoms with Crippen LogP contribution in [-0.4, -0.2) is 96.7 Å². The number of anilines is 2. The van der Waals surface area contributed by atoms with Gasteiger partial charge in [-0.2, -0.15) is 5.10 Å². The zero-order valence-corrected chi connectivity index (χ0v) is 33.7. The van der Waals surface area contributed by atoms with E-state index >= 15 is 0 Å². The number of carbonyl (C=O) groups is 6. The highest BCUT2D eigenvalue weighted by Crippen LogP contribution is 2.32. The highest BCUT2D eigenvalue weighted by molar-refractivity contribution is 6.25. The average molecular weight is 815 g/mol. The molecule has 16 nitrogen and oxygen atoms in total. The molecule has 8 rings (SSSR count). The molecule has 0 bridgehead atoms. The van der Waals surface area contributed by atoms with Gasteiger partial charge in [0.05, 0.1) is 47.0 Å². The minimum Gasteiger partial charge on any atom is -0.384 e. The third kappa shape index (κ3) is 8.78. The lowest BCUT2D eigenvalue weighted by molar-refractivity contribution is -0.136. The van der Waals surface area contributed by atoms with Crippen LogP contribution in [0.4, 0.5) is 11.4 Å². The quantitative estimate of drug-likeness (QED) is 0.0620. The Morgan fingerprint density at radius 3 is 2.60 bits per heavy atom. The molecule has 2 saturated heterocycles. The number of amides is 6. The predicted molar refractivity (Wildman–Crippen MR) is 225 cm³/mol. The van der Waals surface area contributed by atoms with Gasteiger partial charge in [0, 0.05) is 54.3 Å². The number of aromatic amines is 1. The number of hydrogen-bond acceptors (Lipinski definition) is 10. The SMILES string of the molecule is CC1CCCN1Cc1nc2cc(NC(=O)c3ccc4c(cnn4CCNC(=O)CCCCCCCNc4cccc5c4C(=O)N(C4CCC(=O)NC4=O)C5=O)c3)ccc2[nH]1. The normalized spacial score (nSPS) is 18.1. The fourth-order valence-corrected chi connectivity index (χ4v) is 8.46. The molecule has 5 heterocycles. The van der Waals surface area contributed by atoms with Crippen LogP contribution in [0.5, 0.6) is 0 Å². The van der Waals surface area contributed by atoms with Gasteiger partial charge in [0.2, 0.25) is 17.7 Å². The Balaban J connectivity index is 0.720. The van der Waals surface area contributed by atoms with Crippen molar-refractivity contribution in [2.45, 2.75) is 96.3 Å². The summed E-state index contributed by atoms with van der Waals surface area (Å²) >= 11 is 0. The van der Waals surface area contributed by atoms with Gasteiger partial charge in [0.1, 0.15) is 11.9 Å². The molecule has 2 atom stereocenters. The first-order valence-electron chi connectivity index (χ1n) is 21.0. The summed E-state index contributed by atoms with van der Waals surface area (Å²) in [6, 6.07) is 15.8. The molecule has 2 aromatic heterocycles. The van der Waals surface area contributed by atoms with Gasteiger partial charge < -0.3 is 20.9 Å². The zero-order chi connectivity index (χ0) is 41.8. The number of piperidine rings is 1. The van der Waals surface area contributed by atoms with Gasteiger partial charge in [-0.1, -0.05) is 25.3 Å². The van der Waals surface area contributed by atoms with Crippen molar-refractivity contribution in [2.24, 2.45) is 0 Å². The second-order valence-corrected chi connectivity index (χ2v) is 15.9. The number of H-pyrrole nitrogens is 1. The van der Waals surface area contributed by atoms with E-state index in [0.717, 1.165) is 77.9 Å². The number of fused-ring (bicyclic) bond motifs is 3. The van der Waals surface area contributed by atoms with Crippen LogP contribution < -0.4 is 21.3 Å². The van der Waals surface area contributed by atoms with Crippen molar-refractivity contribution in [1.29, 1.82) is 0 Å². The molecule has 3 aliphatic rings. The largest absolute Gasteiger partial charge is 0.384 e. The maximum absolute atomic E-state index is 13.3. The maximum atomic E-state index is 13.3. The summed E-state index contributed by atoms with van der Waals surface area (Å²) in [6.45, 7) is 5.65. The molecule has 312 valence electrons. The number of hydrogen-bond donors (Lipinski definition) is 5. The molecule has 0 saturated carbocycles. The van der Waals surface area contributed by atoms with E-state index in [-0.39, 0.29) is 35.8 Å². The van der Waals surface area contributed by atoms with Gasteiger partial charge in [-0.15, -0.1) is 0 Å². The van der Waals surface area contributed by atoms with Crippen LogP contribution in [0.2, 0.25) is 0 Å². The average Bonchev–Trinajstić information content (AvgIpc) is 4.01. The molecule has 0 spiro atoms. The van der Waals surface area contributed by atoms with Crippen molar-refractivity contribution in [3.63, 3.8) is 0 Å². The molecule has 6 amide bonds. The summed E-state index contributed by atoms with van der Waals surface area (Å²) < 4.78 is 1.82. The zero-order valence-electron chi connectivity index (χ0n) is 33.7. The van der Waals surface area contributed by atoms with Crippen molar-refractivity contribution in [3.05, 3.63) is 83.3 Å². The van der Waals surface area contributed by atoms with Crippen LogP contribution in [0.25, 0.3) is 21.9 Å². The van der Waals surface area contributed by atoms with Gasteiger partial charge in [0.15, 0.2) is 0 Å². The molecule has 0 radical (unpaired) electrons. The first-order chi connectivity index (χ1) is 29.1. The molecule has 0 aliphatic carbocycles. The molecule has 5 N–H and O–H groups in total. The minimum atomic E-state index is -1.00. The number of likely N-dealkylation sites (tertiary alicyclic amines) is 1. The second-order valence-electron chi connectivity index (χ2n) is 15.9. The summed E-state index contributed by atoms with van der Waals surface area (Å²) in [5, 5.41) is 16.8. The van der Waals surface area contributed by atoms with E-state index in [1.54, 1.807) is 30.5 Å². The molecule has 3 aromatic carbocycles. The summed E-state index contributed by atoms with van der Waals surface area (Å²) in [7, 11) is 0. The van der Waals surface area contributed by atoms with Gasteiger partial charge in [0.25, 0.3) is 17.7 Å². The minimum absolute atomic E-state index is 0.0129. The Hall–Kier alpha value is -6.42. The Labute approximate surface area is 346 Å². The van der Waals surface area contributed by atoms with E-state index in [1.165, 1.54) is 12.8 Å². The summed E-state index contributed by atoms with van der Waals surface area (Å²) in [4.78, 5) is 87.7. The van der Waals surface area contributed by atoms with Gasteiger partial charge in [-0.3, -0.25) is 48.6 Å². The van der Waals surface area contributed by atoms with Crippen molar-refractivity contribution in [2.75, 3.05) is 30.3 Å². The number of unbranched alkanes of at least 4 members (excludes halogenated alkanes) is 4. The van der Waals surface area contributed by atoms with E-state index in [9.17, 15) is 28.8 Å². The number of imide groups is 2. The van der Waals surface area contributed by atoms with Crippen LogP contribution in [0.3, 0.4) is 0 Å². The Kier molecular flexibility index (Phi) is 12.0. The maximum Gasteiger partial charge on any atom is 0.264 e. The first-order valence-corrected chi connectivity index (χ1v) is 21.0. The first kappa shape index (κ1) is 40.4. The highest BCUT2D eigenvalue weighted by atomic mass is 16.2. The van der Waals surface area contributed by atoms with Gasteiger partial charge in [-0.05, 0) is 94.1 Å². The molecule has 5 aromatic rings. The summed E-state index contributed by atoms with van der Waals surface area (Å²) in [5.41, 5.74) is 4.88. The van der Waals surface area contributed by atoms with Crippen LogP contribution >= 0.6 is 0 Å². The smallest absolute Gasteiger partial charge is 0.264 e. The summed E-state index contributed by atoms with van der Waals surface area (Å²) in [5.74, 6) is -1.40. The van der Waals surface area contributed by atoms with Crippen molar-refractivity contribution in [3.8, 4) is 0 Å². The topological polar surface area (TPSA) is 204 Å². The van der Waals surface area contributed by atoms with Crippen LogP contribution in [0, 0.1) is 0 Å². The molecule has 3 aliphatic heterocycles. The number of nitrogens with one attached hydrogen (secondary N) is 5. The lowest BCUT2D eigenvalue weighted by atomic mass is 10.0. The van der Waals surface area contributed by atoms with Crippen LogP contribution in [0.15, 0.2) is 60.8 Å². The number of nitrogens with zero attached hydrogens (tertiary/aromatic N) is 5. The number of imidazole rings is 1. The van der Waals surface area contributed by atoms with E-state index in [4.69, 9.17) is 4.98 Å². The third-order valence-corrected chi connectivity index (χ3v) is 11.7. The highest BCUT2D eigenvalue weighted by Gasteiger charge is 2.45. The van der Waals surface area contributed by atoms with Gasteiger partial charge in [-0.25, -0.2) is 4.98 Å². The van der Waals surface area contributed by atoms with Crippen molar-refractivity contribution in [1.82, 2.24) is 40.2 Å². The monoisotopic (exact) mass is 814 g/mol. The molecular formula is C44H50N10O6. The Morgan fingerprint density at radius 2 is 1.77 bits per heavy atom. The standard InChI is InChI=1S/C44H50N10O6/c1-27-9-8-21-52(27)26-37-49-32-15-14-30(24-34(32)50-37)48-41(57)28-13-16-35-29(23-28)25-47-53(35)22-20-46-38(55)12-5-3-2-4-6-19-45-33-11-7-10-31-40(33)44(60)54(43(31)59)36-17-18-39(56)51-42(36)58/h7,10-11,13-16,23-25,27,36,45H,2-6,8-9,12,17-22,26H2,1H3,(H,46,55)(H,48,57)(H,49,50)(H,51,56,58). The summed E-state index contributed by atoms with van der Waals surface area (Å²) in [6.07, 6.45) is 9.14. The van der Waals surface area contributed by atoms with E-state index in [2.05, 4.69) is 43.2 Å². The Morgan fingerprint density at radius 1 is 0.917 bits per heavy atom. The molecule has 16 heteroatoms. The van der Waals surface area contributed by atoms with Crippen LogP contribution in [0.1, 0.15) is 108 Å². The fourth-order valence-electron chi connectivity index (χ4n) is 8.46. The van der Waals surface area contributed by atoms with Crippen molar-refractivity contribution >= 4 is 68.8 Å². The molecule has 2 unspecified atom stereocenters. The molecule has 2 fully saturated rings. The molecular weight excluding hydrogens is 765 g/mol. The van der Waals surface area contributed by atoms with E-state index < -0.39 is 29.7 Å². The molecule has 60 heavy (non-hydrogen) atoms. The predicted octanol–water partition coefficient (Wildman–Crippen LogP) is 5.12. The van der Waals surface area contributed by atoms with Crippen LogP contribution in [-0.2, 0) is 27.5 Å². The lowest BCUT2D eigenvalue weighted by Crippen LogP contribution is -2.54. The van der Waals surface area contributed by atoms with Crippen molar-refractivity contribution < 1.29 is 28.8 Å². The van der Waals surface area contributed by atoms with Gasteiger partial charge >= 0.3 is 0 Å². The second kappa shape index (κ2) is 17.8. The van der Waals surface area contributed by atoms with E-state index in [0.29, 0.717) is 49.0 Å². The number of rotatable bonds is 17. The third-order valence-electron chi connectivity index (χ3n) is 11.7. The number of benzene rings is 3. The number of carbonyl (C=O) groups excluding carboxylic acids is 6.